The molecule has 0 atom stereocenters. The predicted octanol–water partition coefficient (Wildman–Crippen LogP) is 3.97. The second kappa shape index (κ2) is 6.92. The van der Waals surface area contributed by atoms with E-state index in [1.165, 1.54) is 23.1 Å². The Kier molecular flexibility index (Phi) is 4.88. The van der Waals surface area contributed by atoms with Crippen LogP contribution in [0, 0.1) is 6.92 Å². The monoisotopic (exact) mass is 381 g/mol. The normalized spacial score (nSPS) is 11.0. The van der Waals surface area contributed by atoms with Gasteiger partial charge in [-0.15, -0.1) is 10.2 Å². The maximum atomic E-state index is 12.3. The van der Waals surface area contributed by atoms with Gasteiger partial charge in [0.15, 0.2) is 15.5 Å². The number of aromatic nitrogens is 2. The Morgan fingerprint density at radius 2 is 2.17 bits per heavy atom. The third-order valence-electron chi connectivity index (χ3n) is 3.13. The van der Waals surface area contributed by atoms with Crippen LogP contribution in [0.1, 0.15) is 23.0 Å². The van der Waals surface area contributed by atoms with Gasteiger partial charge in [0.05, 0.1) is 5.39 Å². The van der Waals surface area contributed by atoms with E-state index in [0.29, 0.717) is 21.1 Å². The summed E-state index contributed by atoms with van der Waals surface area (Å²) in [6, 6.07) is 4.32. The number of aryl methyl sites for hydroxylation is 1. The van der Waals surface area contributed by atoms with E-state index in [9.17, 15) is 9.59 Å². The van der Waals surface area contributed by atoms with Gasteiger partial charge in [0.1, 0.15) is 5.58 Å². The molecule has 0 aliphatic carbocycles. The minimum atomic E-state index is -0.550. The number of halogens is 1. The third-order valence-corrected chi connectivity index (χ3v) is 5.39. The number of anilines is 1. The Labute approximate surface area is 150 Å². The smallest absolute Gasteiger partial charge is 0.293 e. The van der Waals surface area contributed by atoms with E-state index in [-0.39, 0.29) is 11.2 Å². The van der Waals surface area contributed by atoms with E-state index in [4.69, 9.17) is 16.0 Å². The van der Waals surface area contributed by atoms with Gasteiger partial charge in [-0.2, -0.15) is 0 Å². The molecule has 0 saturated heterocycles. The Hall–Kier alpha value is -1.90. The second-order valence-corrected chi connectivity index (χ2v) is 7.73. The lowest BCUT2D eigenvalue weighted by Crippen LogP contribution is -2.15. The summed E-state index contributed by atoms with van der Waals surface area (Å²) in [7, 11) is 0. The average molecular weight is 382 g/mol. The zero-order valence-electron chi connectivity index (χ0n) is 12.8. The van der Waals surface area contributed by atoms with Crippen molar-refractivity contribution in [3.8, 4) is 0 Å². The fraction of sp³-hybridized carbons (Fsp3) is 0.200. The fourth-order valence-electron chi connectivity index (χ4n) is 1.99. The topological polar surface area (TPSA) is 85.1 Å². The molecule has 124 valence electrons. The molecule has 6 nitrogen and oxygen atoms in total. The summed E-state index contributed by atoms with van der Waals surface area (Å²) >= 11 is 8.82. The van der Waals surface area contributed by atoms with Gasteiger partial charge >= 0.3 is 0 Å². The highest BCUT2D eigenvalue weighted by atomic mass is 35.5. The quantitative estimate of drug-likeness (QED) is 0.543. The molecule has 2 aromatic heterocycles. The van der Waals surface area contributed by atoms with E-state index in [1.54, 1.807) is 19.1 Å². The van der Waals surface area contributed by atoms with Crippen LogP contribution in [0.25, 0.3) is 11.0 Å². The van der Waals surface area contributed by atoms with Gasteiger partial charge in [-0.1, -0.05) is 41.6 Å². The van der Waals surface area contributed by atoms with Crippen LogP contribution in [-0.4, -0.2) is 21.9 Å². The van der Waals surface area contributed by atoms with Crippen molar-refractivity contribution in [3.63, 3.8) is 0 Å². The first-order valence-corrected chi connectivity index (χ1v) is 9.17. The summed E-state index contributed by atoms with van der Waals surface area (Å²) in [5.41, 5.74) is 0.743. The van der Waals surface area contributed by atoms with Crippen molar-refractivity contribution in [2.24, 2.45) is 0 Å². The lowest BCUT2D eigenvalue weighted by Gasteiger charge is -2.04. The van der Waals surface area contributed by atoms with Crippen LogP contribution in [0.4, 0.5) is 5.13 Å². The molecule has 0 spiro atoms. The summed E-state index contributed by atoms with van der Waals surface area (Å²) in [4.78, 5) is 24.5. The van der Waals surface area contributed by atoms with E-state index >= 15 is 0 Å². The first-order valence-electron chi connectivity index (χ1n) is 6.99. The first kappa shape index (κ1) is 16.9. The van der Waals surface area contributed by atoms with Gasteiger partial charge in [-0.25, -0.2) is 0 Å². The summed E-state index contributed by atoms with van der Waals surface area (Å²) in [5, 5.41) is 11.6. The van der Waals surface area contributed by atoms with Crippen LogP contribution in [-0.2, 0) is 0 Å². The molecule has 0 bridgehead atoms. The Morgan fingerprint density at radius 1 is 1.38 bits per heavy atom. The number of nitrogens with one attached hydrogen (secondary N) is 1. The molecule has 0 aliphatic heterocycles. The van der Waals surface area contributed by atoms with Crippen molar-refractivity contribution in [2.75, 3.05) is 11.1 Å². The molecular weight excluding hydrogens is 370 g/mol. The molecule has 1 N–H and O–H groups in total. The fourth-order valence-corrected chi connectivity index (χ4v) is 3.80. The number of benzene rings is 1. The van der Waals surface area contributed by atoms with Crippen molar-refractivity contribution >= 4 is 56.7 Å². The van der Waals surface area contributed by atoms with Gasteiger partial charge in [-0.3, -0.25) is 14.9 Å². The minimum absolute atomic E-state index is 0.0888. The summed E-state index contributed by atoms with van der Waals surface area (Å²) in [6.45, 7) is 3.80. The lowest BCUT2D eigenvalue weighted by atomic mass is 10.1. The number of fused-ring (bicyclic) bond motifs is 1. The zero-order valence-corrected chi connectivity index (χ0v) is 15.1. The molecule has 0 radical (unpaired) electrons. The van der Waals surface area contributed by atoms with Crippen LogP contribution < -0.4 is 10.7 Å². The second-order valence-electron chi connectivity index (χ2n) is 4.83. The van der Waals surface area contributed by atoms with E-state index in [0.717, 1.165) is 21.7 Å². The van der Waals surface area contributed by atoms with Crippen LogP contribution in [0.15, 0.2) is 31.8 Å². The van der Waals surface area contributed by atoms with Crippen molar-refractivity contribution in [3.05, 3.63) is 44.8 Å². The van der Waals surface area contributed by atoms with Crippen molar-refractivity contribution in [1.82, 2.24) is 10.2 Å². The summed E-state index contributed by atoms with van der Waals surface area (Å²) in [5.74, 6) is 0.226. The Morgan fingerprint density at radius 3 is 2.92 bits per heavy atom. The average Bonchev–Trinajstić information content (AvgIpc) is 2.96. The number of hydrogen-bond acceptors (Lipinski definition) is 7. The SMILES string of the molecule is CCSc1nnc(NC(=O)c2cc(=O)c3cc(Cl)c(C)cc3o2)s1. The van der Waals surface area contributed by atoms with Crippen molar-refractivity contribution in [1.29, 1.82) is 0 Å². The number of amides is 1. The predicted molar refractivity (Wildman–Crippen MR) is 96.5 cm³/mol. The molecule has 0 fully saturated rings. The molecule has 1 aromatic carbocycles. The molecule has 3 rings (SSSR count). The number of carbonyl (C=O) groups is 1. The molecule has 2 heterocycles. The van der Waals surface area contributed by atoms with E-state index < -0.39 is 5.91 Å². The molecule has 1 amide bonds. The Bertz CT molecular complexity index is 984. The first-order chi connectivity index (χ1) is 11.5. The molecule has 9 heteroatoms. The van der Waals surface area contributed by atoms with E-state index in [2.05, 4.69) is 15.5 Å². The van der Waals surface area contributed by atoms with Crippen LogP contribution in [0.3, 0.4) is 0 Å². The Balaban J connectivity index is 1.91. The largest absolute Gasteiger partial charge is 0.451 e. The highest BCUT2D eigenvalue weighted by Crippen LogP contribution is 2.26. The highest BCUT2D eigenvalue weighted by molar-refractivity contribution is 8.01. The van der Waals surface area contributed by atoms with Gasteiger partial charge < -0.3 is 4.42 Å². The maximum Gasteiger partial charge on any atom is 0.293 e. The van der Waals surface area contributed by atoms with Gasteiger partial charge in [-0.05, 0) is 30.4 Å². The van der Waals surface area contributed by atoms with Crippen LogP contribution >= 0.6 is 34.7 Å². The lowest BCUT2D eigenvalue weighted by molar-refractivity contribution is 0.0997. The standard InChI is InChI=1S/C15H12ClN3O3S2/c1-3-23-15-19-18-14(24-15)17-13(21)12-6-10(20)8-5-9(16)7(2)4-11(8)22-12/h4-6H,3H2,1-2H3,(H,17,18,21). The summed E-state index contributed by atoms with van der Waals surface area (Å²) in [6.07, 6.45) is 0. The molecular formula is C15H12ClN3O3S2. The maximum absolute atomic E-state index is 12.3. The molecule has 0 saturated carbocycles. The van der Waals surface area contributed by atoms with E-state index in [1.807, 2.05) is 6.92 Å². The van der Waals surface area contributed by atoms with Crippen LogP contribution in [0.5, 0.6) is 0 Å². The number of carbonyl (C=O) groups excluding carboxylic acids is 1. The third kappa shape index (κ3) is 3.45. The molecule has 0 unspecified atom stereocenters. The zero-order chi connectivity index (χ0) is 17.3. The van der Waals surface area contributed by atoms with Crippen molar-refractivity contribution < 1.29 is 9.21 Å². The van der Waals surface area contributed by atoms with Gasteiger partial charge in [0.25, 0.3) is 5.91 Å². The minimum Gasteiger partial charge on any atom is -0.451 e. The van der Waals surface area contributed by atoms with Gasteiger partial charge in [0.2, 0.25) is 5.13 Å². The van der Waals surface area contributed by atoms with Gasteiger partial charge in [0, 0.05) is 11.1 Å². The molecule has 24 heavy (non-hydrogen) atoms. The number of hydrogen-bond donors (Lipinski definition) is 1. The molecule has 0 aliphatic rings. The highest BCUT2D eigenvalue weighted by Gasteiger charge is 2.15. The number of thioether (sulfide) groups is 1. The van der Waals surface area contributed by atoms with Crippen molar-refractivity contribution in [2.45, 2.75) is 18.2 Å². The summed E-state index contributed by atoms with van der Waals surface area (Å²) < 4.78 is 6.31. The molecule has 3 aromatic rings. The number of nitrogens with zero attached hydrogens (tertiary/aromatic N) is 2. The van der Waals surface area contributed by atoms with Crippen LogP contribution in [0.2, 0.25) is 5.02 Å². The number of rotatable bonds is 4.